The minimum Gasteiger partial charge on any atom is -0.330 e. The first-order valence-corrected chi connectivity index (χ1v) is 7.91. The second-order valence-corrected chi connectivity index (χ2v) is 6.43. The quantitative estimate of drug-likeness (QED) is 0.840. The van der Waals surface area contributed by atoms with Gasteiger partial charge in [-0.3, -0.25) is 4.79 Å². The zero-order chi connectivity index (χ0) is 14.8. The van der Waals surface area contributed by atoms with Crippen LogP contribution in [0.25, 0.3) is 0 Å². The Kier molecular flexibility index (Phi) is 4.06. The van der Waals surface area contributed by atoms with E-state index in [1.54, 1.807) is 12.3 Å². The van der Waals surface area contributed by atoms with Crippen molar-refractivity contribution >= 4 is 21.8 Å². The highest BCUT2D eigenvalue weighted by atomic mass is 79.9. The number of benzene rings is 1. The Labute approximate surface area is 133 Å². The molecule has 1 saturated carbocycles. The van der Waals surface area contributed by atoms with Crippen LogP contribution < -0.4 is 0 Å². The fraction of sp³-hybridized carbons (Fsp3) is 0.294. The van der Waals surface area contributed by atoms with Crippen LogP contribution in [0.2, 0.25) is 0 Å². The van der Waals surface area contributed by atoms with E-state index in [4.69, 9.17) is 0 Å². The third-order valence-electron chi connectivity index (χ3n) is 3.67. The van der Waals surface area contributed by atoms with Crippen molar-refractivity contribution in [1.29, 1.82) is 0 Å². The minimum atomic E-state index is 0.0191. The van der Waals surface area contributed by atoms with Crippen molar-refractivity contribution in [3.8, 4) is 0 Å². The summed E-state index contributed by atoms with van der Waals surface area (Å²) in [5.74, 6) is 0.0191. The zero-order valence-corrected chi connectivity index (χ0v) is 13.5. The molecule has 21 heavy (non-hydrogen) atoms. The van der Waals surface area contributed by atoms with E-state index in [1.165, 1.54) is 5.56 Å². The summed E-state index contributed by atoms with van der Waals surface area (Å²) in [6.07, 6.45) is 3.85. The molecule has 0 unspecified atom stereocenters. The molecule has 0 spiro atoms. The van der Waals surface area contributed by atoms with Gasteiger partial charge in [0.1, 0.15) is 5.69 Å². The highest BCUT2D eigenvalue weighted by Gasteiger charge is 2.33. The van der Waals surface area contributed by atoms with Gasteiger partial charge in [0, 0.05) is 23.3 Å². The van der Waals surface area contributed by atoms with Gasteiger partial charge in [-0.05, 0) is 53.4 Å². The van der Waals surface area contributed by atoms with Gasteiger partial charge in [0.15, 0.2) is 0 Å². The van der Waals surface area contributed by atoms with E-state index >= 15 is 0 Å². The first kappa shape index (κ1) is 14.3. The van der Waals surface area contributed by atoms with E-state index in [2.05, 4.69) is 52.1 Å². The monoisotopic (exact) mass is 344 g/mol. The maximum Gasteiger partial charge on any atom is 0.272 e. The molecule has 1 aromatic carbocycles. The second-order valence-electron chi connectivity index (χ2n) is 5.51. The number of carbonyl (C=O) groups excluding carboxylic acids is 1. The smallest absolute Gasteiger partial charge is 0.272 e. The number of amides is 1. The van der Waals surface area contributed by atoms with Gasteiger partial charge in [0.05, 0.1) is 0 Å². The van der Waals surface area contributed by atoms with Gasteiger partial charge in [-0.1, -0.05) is 29.8 Å². The lowest BCUT2D eigenvalue weighted by Gasteiger charge is -2.22. The molecule has 0 N–H and O–H groups in total. The average molecular weight is 345 g/mol. The Morgan fingerprint density at radius 1 is 1.24 bits per heavy atom. The maximum atomic E-state index is 12.7. The lowest BCUT2D eigenvalue weighted by molar-refractivity contribution is 0.0724. The summed E-state index contributed by atoms with van der Waals surface area (Å²) in [6.45, 7) is 2.72. The molecule has 2 aromatic rings. The predicted molar refractivity (Wildman–Crippen MR) is 86.0 cm³/mol. The number of carbonyl (C=O) groups is 1. The third kappa shape index (κ3) is 3.50. The lowest BCUT2D eigenvalue weighted by atomic mass is 10.1. The summed E-state index contributed by atoms with van der Waals surface area (Å²) in [7, 11) is 0. The van der Waals surface area contributed by atoms with Crippen molar-refractivity contribution in [1.82, 2.24) is 9.88 Å². The standard InChI is InChI=1S/C17H17BrN2O/c1-12-2-4-13(5-3-12)11-20(15-7-8-15)17(21)16-9-6-14(18)10-19-16/h2-6,9-10,15H,7-8,11H2,1H3. The molecule has 4 heteroatoms. The van der Waals surface area contributed by atoms with Crippen LogP contribution in [0.3, 0.4) is 0 Å². The number of rotatable bonds is 4. The first-order chi connectivity index (χ1) is 10.1. The lowest BCUT2D eigenvalue weighted by Crippen LogP contribution is -2.33. The van der Waals surface area contributed by atoms with Crippen molar-refractivity contribution < 1.29 is 4.79 Å². The van der Waals surface area contributed by atoms with Crippen LogP contribution in [-0.2, 0) is 6.54 Å². The van der Waals surface area contributed by atoms with E-state index in [0.717, 1.165) is 22.9 Å². The Bertz CT molecular complexity index is 633. The molecule has 0 atom stereocenters. The molecule has 1 fully saturated rings. The van der Waals surface area contributed by atoms with E-state index in [0.29, 0.717) is 18.3 Å². The van der Waals surface area contributed by atoms with Crippen LogP contribution >= 0.6 is 15.9 Å². The van der Waals surface area contributed by atoms with Crippen molar-refractivity contribution in [3.63, 3.8) is 0 Å². The van der Waals surface area contributed by atoms with E-state index in [1.807, 2.05) is 11.0 Å². The highest BCUT2D eigenvalue weighted by Crippen LogP contribution is 2.29. The van der Waals surface area contributed by atoms with Crippen molar-refractivity contribution in [2.45, 2.75) is 32.4 Å². The zero-order valence-electron chi connectivity index (χ0n) is 11.9. The van der Waals surface area contributed by atoms with Crippen LogP contribution in [0.15, 0.2) is 47.1 Å². The van der Waals surface area contributed by atoms with Gasteiger partial charge in [0.25, 0.3) is 5.91 Å². The summed E-state index contributed by atoms with van der Waals surface area (Å²) in [4.78, 5) is 18.8. The van der Waals surface area contributed by atoms with Crippen molar-refractivity contribution in [2.75, 3.05) is 0 Å². The van der Waals surface area contributed by atoms with Gasteiger partial charge in [0.2, 0.25) is 0 Å². The maximum absolute atomic E-state index is 12.7. The normalized spacial score (nSPS) is 14.0. The Balaban J connectivity index is 1.79. The third-order valence-corrected chi connectivity index (χ3v) is 4.14. The number of halogens is 1. The van der Waals surface area contributed by atoms with Gasteiger partial charge in [-0.25, -0.2) is 4.98 Å². The highest BCUT2D eigenvalue weighted by molar-refractivity contribution is 9.10. The van der Waals surface area contributed by atoms with Crippen LogP contribution in [0.1, 0.15) is 34.5 Å². The number of pyridine rings is 1. The van der Waals surface area contributed by atoms with Gasteiger partial charge >= 0.3 is 0 Å². The molecular weight excluding hydrogens is 328 g/mol. The number of hydrogen-bond donors (Lipinski definition) is 0. The molecule has 3 nitrogen and oxygen atoms in total. The van der Waals surface area contributed by atoms with Crippen LogP contribution in [0.5, 0.6) is 0 Å². The molecule has 0 bridgehead atoms. The Morgan fingerprint density at radius 3 is 2.52 bits per heavy atom. The summed E-state index contributed by atoms with van der Waals surface area (Å²) < 4.78 is 0.885. The van der Waals surface area contributed by atoms with Gasteiger partial charge in [-0.2, -0.15) is 0 Å². The molecule has 1 amide bonds. The molecule has 1 heterocycles. The summed E-state index contributed by atoms with van der Waals surface area (Å²) in [6, 6.07) is 12.4. The Morgan fingerprint density at radius 2 is 1.95 bits per heavy atom. The first-order valence-electron chi connectivity index (χ1n) is 7.11. The summed E-state index contributed by atoms with van der Waals surface area (Å²) in [5, 5.41) is 0. The average Bonchev–Trinajstić information content (AvgIpc) is 3.31. The van der Waals surface area contributed by atoms with E-state index < -0.39 is 0 Å². The number of aromatic nitrogens is 1. The largest absolute Gasteiger partial charge is 0.330 e. The molecule has 108 valence electrons. The fourth-order valence-corrected chi connectivity index (χ4v) is 2.53. The van der Waals surface area contributed by atoms with Crippen LogP contribution in [0, 0.1) is 6.92 Å². The predicted octanol–water partition coefficient (Wildman–Crippen LogP) is 3.96. The number of aryl methyl sites for hydroxylation is 1. The van der Waals surface area contributed by atoms with E-state index in [-0.39, 0.29) is 5.91 Å². The SMILES string of the molecule is Cc1ccc(CN(C(=O)c2ccc(Br)cn2)C2CC2)cc1. The molecular formula is C17H17BrN2O. The minimum absolute atomic E-state index is 0.0191. The molecule has 0 radical (unpaired) electrons. The van der Waals surface area contributed by atoms with Gasteiger partial charge < -0.3 is 4.90 Å². The molecule has 3 rings (SSSR count). The van der Waals surface area contributed by atoms with Crippen LogP contribution in [-0.4, -0.2) is 21.8 Å². The van der Waals surface area contributed by atoms with E-state index in [9.17, 15) is 4.79 Å². The van der Waals surface area contributed by atoms with Crippen LogP contribution in [0.4, 0.5) is 0 Å². The number of hydrogen-bond acceptors (Lipinski definition) is 2. The molecule has 1 aliphatic carbocycles. The van der Waals surface area contributed by atoms with Gasteiger partial charge in [-0.15, -0.1) is 0 Å². The summed E-state index contributed by atoms with van der Waals surface area (Å²) in [5.41, 5.74) is 2.91. The van der Waals surface area contributed by atoms with Crippen molar-refractivity contribution in [2.24, 2.45) is 0 Å². The fourth-order valence-electron chi connectivity index (χ4n) is 2.29. The molecule has 1 aliphatic rings. The topological polar surface area (TPSA) is 33.2 Å². The molecule has 0 aliphatic heterocycles. The number of nitrogens with zero attached hydrogens (tertiary/aromatic N) is 2. The Hall–Kier alpha value is -1.68. The second kappa shape index (κ2) is 5.98. The molecule has 0 saturated heterocycles. The van der Waals surface area contributed by atoms with Crippen molar-refractivity contribution in [3.05, 3.63) is 63.9 Å². The summed E-state index contributed by atoms with van der Waals surface area (Å²) >= 11 is 3.35. The molecule has 1 aromatic heterocycles.